The van der Waals surface area contributed by atoms with Gasteiger partial charge in [0.1, 0.15) is 9.84 Å². The van der Waals surface area contributed by atoms with Crippen LogP contribution in [0.25, 0.3) is 0 Å². The van der Waals surface area contributed by atoms with Crippen LogP contribution in [0.5, 0.6) is 0 Å². The monoisotopic (exact) mass is 327 g/mol. The molecular formula is C15H18ClNO3S. The number of benzene rings is 1. The van der Waals surface area contributed by atoms with E-state index in [-0.39, 0.29) is 28.7 Å². The number of amides is 1. The zero-order valence-electron chi connectivity index (χ0n) is 11.9. The number of rotatable bonds is 2. The highest BCUT2D eigenvalue weighted by molar-refractivity contribution is 7.91. The third-order valence-corrected chi connectivity index (χ3v) is 6.68. The molecule has 1 heterocycles. The van der Waals surface area contributed by atoms with Gasteiger partial charge in [-0.05, 0) is 49.3 Å². The molecule has 1 aromatic carbocycles. The van der Waals surface area contributed by atoms with Crippen molar-refractivity contribution in [2.45, 2.75) is 26.2 Å². The molecule has 3 rings (SSSR count). The van der Waals surface area contributed by atoms with E-state index in [9.17, 15) is 13.2 Å². The topological polar surface area (TPSA) is 63.2 Å². The molecule has 1 aromatic rings. The summed E-state index contributed by atoms with van der Waals surface area (Å²) >= 11 is 6.12. The molecule has 0 aromatic heterocycles. The number of sulfone groups is 1. The Morgan fingerprint density at radius 2 is 2.00 bits per heavy atom. The fourth-order valence-electron chi connectivity index (χ4n) is 3.16. The molecule has 6 heteroatoms. The summed E-state index contributed by atoms with van der Waals surface area (Å²) in [6.07, 6.45) is 2.00. The Bertz CT molecular complexity index is 685. The van der Waals surface area contributed by atoms with E-state index in [0.29, 0.717) is 23.6 Å². The van der Waals surface area contributed by atoms with E-state index in [1.807, 2.05) is 19.1 Å². The molecule has 1 aliphatic heterocycles. The Kier molecular flexibility index (Phi) is 3.53. The highest BCUT2D eigenvalue weighted by Crippen LogP contribution is 2.60. The van der Waals surface area contributed by atoms with E-state index < -0.39 is 9.84 Å². The zero-order valence-corrected chi connectivity index (χ0v) is 13.4. The van der Waals surface area contributed by atoms with Crippen LogP contribution in [0.15, 0.2) is 18.2 Å². The van der Waals surface area contributed by atoms with Crippen molar-refractivity contribution in [3.05, 3.63) is 28.8 Å². The predicted octanol–water partition coefficient (Wildman–Crippen LogP) is 2.80. The van der Waals surface area contributed by atoms with E-state index in [2.05, 4.69) is 5.32 Å². The first kappa shape index (κ1) is 14.9. The summed E-state index contributed by atoms with van der Waals surface area (Å²) in [5.74, 6) is 0.301. The van der Waals surface area contributed by atoms with Gasteiger partial charge in [-0.25, -0.2) is 8.42 Å². The van der Waals surface area contributed by atoms with Crippen LogP contribution < -0.4 is 5.32 Å². The number of hydrogen-bond acceptors (Lipinski definition) is 3. The lowest BCUT2D eigenvalue weighted by Gasteiger charge is -2.22. The molecule has 1 unspecified atom stereocenters. The number of anilines is 1. The van der Waals surface area contributed by atoms with Gasteiger partial charge in [0.25, 0.3) is 0 Å². The van der Waals surface area contributed by atoms with Crippen LogP contribution in [-0.2, 0) is 14.6 Å². The third kappa shape index (κ3) is 2.94. The summed E-state index contributed by atoms with van der Waals surface area (Å²) in [5.41, 5.74) is 1.57. The van der Waals surface area contributed by atoms with Crippen molar-refractivity contribution >= 4 is 33.0 Å². The molecule has 1 aliphatic carbocycles. The number of carbonyl (C=O) groups excluding carboxylic acids is 1. The lowest BCUT2D eigenvalue weighted by atomic mass is 9.96. The summed E-state index contributed by atoms with van der Waals surface area (Å²) in [6.45, 7) is 1.94. The third-order valence-electron chi connectivity index (χ3n) is 4.71. The van der Waals surface area contributed by atoms with Crippen molar-refractivity contribution in [2.24, 2.45) is 11.3 Å². The fourth-order valence-corrected chi connectivity index (χ4v) is 5.08. The van der Waals surface area contributed by atoms with Crippen molar-refractivity contribution < 1.29 is 13.2 Å². The molecule has 114 valence electrons. The van der Waals surface area contributed by atoms with Crippen LogP contribution >= 0.6 is 11.6 Å². The van der Waals surface area contributed by atoms with Crippen molar-refractivity contribution in [3.63, 3.8) is 0 Å². The van der Waals surface area contributed by atoms with Gasteiger partial charge in [0.15, 0.2) is 0 Å². The van der Waals surface area contributed by atoms with E-state index >= 15 is 0 Å². The van der Waals surface area contributed by atoms with Crippen LogP contribution in [0, 0.1) is 18.3 Å². The summed E-state index contributed by atoms with van der Waals surface area (Å²) in [6, 6.07) is 5.51. The van der Waals surface area contributed by atoms with Gasteiger partial charge in [0.2, 0.25) is 5.91 Å². The molecular weight excluding hydrogens is 310 g/mol. The maximum atomic E-state index is 12.3. The zero-order chi connectivity index (χ0) is 15.3. The van der Waals surface area contributed by atoms with Crippen LogP contribution in [0.1, 0.15) is 24.8 Å². The highest BCUT2D eigenvalue weighted by Gasteiger charge is 2.59. The number of hydrogen-bond donors (Lipinski definition) is 1. The number of aryl methyl sites for hydroxylation is 1. The SMILES string of the molecule is Cc1ccc(NC(=O)C2CC23CCS(=O)(=O)CC3)c(Cl)c1. The lowest BCUT2D eigenvalue weighted by Crippen LogP contribution is -2.28. The largest absolute Gasteiger partial charge is 0.325 e. The van der Waals surface area contributed by atoms with Crippen LogP contribution in [0.4, 0.5) is 5.69 Å². The Morgan fingerprint density at radius 1 is 1.33 bits per heavy atom. The molecule has 1 saturated heterocycles. The summed E-state index contributed by atoms with van der Waals surface area (Å²) < 4.78 is 23.0. The second kappa shape index (κ2) is 4.99. The standard InChI is InChI=1S/C15H18ClNO3S/c1-10-2-3-13(12(16)8-10)17-14(18)11-9-15(11)4-6-21(19,20)7-5-15/h2-3,8,11H,4-7,9H2,1H3,(H,17,18). The lowest BCUT2D eigenvalue weighted by molar-refractivity contribution is -0.118. The normalized spacial score (nSPS) is 25.5. The summed E-state index contributed by atoms with van der Waals surface area (Å²) in [5, 5.41) is 3.40. The van der Waals surface area contributed by atoms with Gasteiger partial charge in [-0.1, -0.05) is 17.7 Å². The molecule has 21 heavy (non-hydrogen) atoms. The average Bonchev–Trinajstić information content (AvgIpc) is 3.12. The van der Waals surface area contributed by atoms with Crippen molar-refractivity contribution in [3.8, 4) is 0 Å². The fraction of sp³-hybridized carbons (Fsp3) is 0.533. The quantitative estimate of drug-likeness (QED) is 0.908. The number of halogens is 1. The van der Waals surface area contributed by atoms with Crippen LogP contribution in [0.3, 0.4) is 0 Å². The first-order chi connectivity index (χ1) is 9.81. The molecule has 2 aliphatic rings. The maximum absolute atomic E-state index is 12.3. The molecule has 1 N–H and O–H groups in total. The molecule has 4 nitrogen and oxygen atoms in total. The predicted molar refractivity (Wildman–Crippen MR) is 83.2 cm³/mol. The molecule has 0 radical (unpaired) electrons. The smallest absolute Gasteiger partial charge is 0.228 e. The Morgan fingerprint density at radius 3 is 2.62 bits per heavy atom. The Labute approximate surface area is 129 Å². The van der Waals surface area contributed by atoms with E-state index in [1.54, 1.807) is 6.07 Å². The van der Waals surface area contributed by atoms with Crippen molar-refractivity contribution in [2.75, 3.05) is 16.8 Å². The summed E-state index contributed by atoms with van der Waals surface area (Å²) in [7, 11) is -2.89. The van der Waals surface area contributed by atoms with Gasteiger partial charge in [-0.2, -0.15) is 0 Å². The maximum Gasteiger partial charge on any atom is 0.228 e. The molecule has 1 saturated carbocycles. The van der Waals surface area contributed by atoms with Gasteiger partial charge in [0, 0.05) is 5.92 Å². The average molecular weight is 328 g/mol. The summed E-state index contributed by atoms with van der Waals surface area (Å²) in [4.78, 5) is 12.3. The van der Waals surface area contributed by atoms with E-state index in [4.69, 9.17) is 11.6 Å². The van der Waals surface area contributed by atoms with Gasteiger partial charge in [-0.3, -0.25) is 4.79 Å². The van der Waals surface area contributed by atoms with Gasteiger partial charge in [0.05, 0.1) is 22.2 Å². The minimum Gasteiger partial charge on any atom is -0.325 e. The Hall–Kier alpha value is -1.07. The second-order valence-corrected chi connectivity index (χ2v) is 8.95. The first-order valence-corrected chi connectivity index (χ1v) is 9.29. The number of carbonyl (C=O) groups is 1. The molecule has 2 fully saturated rings. The minimum atomic E-state index is -2.89. The molecule has 1 atom stereocenters. The van der Waals surface area contributed by atoms with Gasteiger partial charge >= 0.3 is 0 Å². The highest BCUT2D eigenvalue weighted by atomic mass is 35.5. The van der Waals surface area contributed by atoms with E-state index in [1.165, 1.54) is 0 Å². The second-order valence-electron chi connectivity index (χ2n) is 6.24. The first-order valence-electron chi connectivity index (χ1n) is 7.09. The minimum absolute atomic E-state index is 0.0416. The van der Waals surface area contributed by atoms with Crippen molar-refractivity contribution in [1.82, 2.24) is 0 Å². The van der Waals surface area contributed by atoms with Gasteiger partial charge < -0.3 is 5.32 Å². The molecule has 1 spiro atoms. The molecule has 0 bridgehead atoms. The van der Waals surface area contributed by atoms with Crippen LogP contribution in [0.2, 0.25) is 5.02 Å². The van der Waals surface area contributed by atoms with Crippen LogP contribution in [-0.4, -0.2) is 25.8 Å². The number of nitrogens with one attached hydrogen (secondary N) is 1. The van der Waals surface area contributed by atoms with Crippen molar-refractivity contribution in [1.29, 1.82) is 0 Å². The van der Waals surface area contributed by atoms with Gasteiger partial charge in [-0.15, -0.1) is 0 Å². The molecule has 1 amide bonds. The Balaban J connectivity index is 1.66. The van der Waals surface area contributed by atoms with E-state index in [0.717, 1.165) is 12.0 Å².